The van der Waals surface area contributed by atoms with Gasteiger partial charge in [-0.05, 0) is 24.3 Å². The third-order valence-corrected chi connectivity index (χ3v) is 4.71. The normalized spacial score (nSPS) is 14.7. The van der Waals surface area contributed by atoms with Crippen LogP contribution in [-0.2, 0) is 7.05 Å². The van der Waals surface area contributed by atoms with E-state index in [2.05, 4.69) is 27.0 Å². The molecular weight excluding hydrogens is 330 g/mol. The molecule has 26 heavy (non-hydrogen) atoms. The van der Waals surface area contributed by atoms with Crippen LogP contribution in [0.1, 0.15) is 10.5 Å². The van der Waals surface area contributed by atoms with Gasteiger partial charge in [-0.2, -0.15) is 0 Å². The van der Waals surface area contributed by atoms with E-state index < -0.39 is 5.56 Å². The van der Waals surface area contributed by atoms with Gasteiger partial charge < -0.3 is 9.80 Å². The van der Waals surface area contributed by atoms with E-state index in [0.717, 1.165) is 18.8 Å². The van der Waals surface area contributed by atoms with Crippen LogP contribution in [0, 0.1) is 0 Å². The Morgan fingerprint density at radius 1 is 1.00 bits per heavy atom. The van der Waals surface area contributed by atoms with Gasteiger partial charge in [-0.3, -0.25) is 14.2 Å². The summed E-state index contributed by atoms with van der Waals surface area (Å²) < 4.78 is 1.38. The first kappa shape index (κ1) is 16.3. The van der Waals surface area contributed by atoms with E-state index in [1.807, 2.05) is 18.2 Å². The fourth-order valence-electron chi connectivity index (χ4n) is 3.25. The Balaban J connectivity index is 1.57. The fourth-order valence-corrected chi connectivity index (χ4v) is 3.25. The molecule has 1 aromatic carbocycles. The van der Waals surface area contributed by atoms with Crippen LogP contribution in [0.5, 0.6) is 0 Å². The molecule has 0 aliphatic carbocycles. The van der Waals surface area contributed by atoms with Crippen molar-refractivity contribution in [3.05, 3.63) is 64.7 Å². The van der Waals surface area contributed by atoms with Gasteiger partial charge in [-0.15, -0.1) is 0 Å². The highest BCUT2D eigenvalue weighted by Crippen LogP contribution is 2.16. The molecule has 1 fully saturated rings. The molecule has 7 nitrogen and oxygen atoms in total. The number of anilines is 1. The largest absolute Gasteiger partial charge is 0.368 e. The number of aromatic nitrogens is 3. The number of carbonyl (C=O) groups excluding carboxylic acids is 1. The van der Waals surface area contributed by atoms with Gasteiger partial charge in [-0.1, -0.05) is 18.2 Å². The first-order valence-corrected chi connectivity index (χ1v) is 8.56. The Bertz CT molecular complexity index is 1010. The Hall–Kier alpha value is -3.22. The first-order valence-electron chi connectivity index (χ1n) is 8.56. The summed E-state index contributed by atoms with van der Waals surface area (Å²) in [5, 5.41) is 0. The molecule has 0 unspecified atom stereocenters. The monoisotopic (exact) mass is 349 g/mol. The maximum atomic E-state index is 12.9. The second kappa shape index (κ2) is 6.59. The predicted octanol–water partition coefficient (Wildman–Crippen LogP) is 1.29. The van der Waals surface area contributed by atoms with Crippen molar-refractivity contribution in [1.29, 1.82) is 0 Å². The van der Waals surface area contributed by atoms with Gasteiger partial charge >= 0.3 is 0 Å². The van der Waals surface area contributed by atoms with Crippen molar-refractivity contribution in [3.8, 4) is 0 Å². The highest BCUT2D eigenvalue weighted by molar-refractivity contribution is 5.93. The van der Waals surface area contributed by atoms with Crippen molar-refractivity contribution in [2.45, 2.75) is 0 Å². The Morgan fingerprint density at radius 2 is 1.73 bits per heavy atom. The summed E-state index contributed by atoms with van der Waals surface area (Å²) in [5.74, 6) is -0.316. The molecule has 1 aliphatic rings. The first-order chi connectivity index (χ1) is 12.6. The molecule has 0 saturated carbocycles. The van der Waals surface area contributed by atoms with E-state index >= 15 is 0 Å². The molecule has 3 aromatic rings. The Kier molecular flexibility index (Phi) is 4.12. The lowest BCUT2D eigenvalue weighted by molar-refractivity contribution is 0.0738. The zero-order chi connectivity index (χ0) is 18.1. The molecule has 0 bridgehead atoms. The summed E-state index contributed by atoms with van der Waals surface area (Å²) in [5.41, 5.74) is 1.71. The average molecular weight is 349 g/mol. The lowest BCUT2D eigenvalue weighted by atomic mass is 10.2. The van der Waals surface area contributed by atoms with Gasteiger partial charge in [0, 0.05) is 45.1 Å². The maximum Gasteiger partial charge on any atom is 0.283 e. The molecule has 3 heterocycles. The molecule has 2 aromatic heterocycles. The molecule has 1 saturated heterocycles. The van der Waals surface area contributed by atoms with Crippen molar-refractivity contribution < 1.29 is 4.79 Å². The van der Waals surface area contributed by atoms with Gasteiger partial charge in [0.15, 0.2) is 11.3 Å². The average Bonchev–Trinajstić information content (AvgIpc) is 2.71. The van der Waals surface area contributed by atoms with Crippen molar-refractivity contribution in [2.24, 2.45) is 7.05 Å². The number of amides is 1. The van der Waals surface area contributed by atoms with Crippen LogP contribution >= 0.6 is 0 Å². The standard InChI is InChI=1S/C19H19N5O2/c1-22-17-15(8-5-9-20-17)21-16(18(22)25)19(26)24-12-10-23(11-13-24)14-6-3-2-4-7-14/h2-9H,10-13H2,1H3. The highest BCUT2D eigenvalue weighted by Gasteiger charge is 2.26. The summed E-state index contributed by atoms with van der Waals surface area (Å²) in [7, 11) is 1.61. The van der Waals surface area contributed by atoms with Crippen LogP contribution < -0.4 is 10.5 Å². The lowest BCUT2D eigenvalue weighted by Crippen LogP contribution is -2.50. The van der Waals surface area contributed by atoms with Gasteiger partial charge in [0.25, 0.3) is 11.5 Å². The number of pyridine rings is 1. The molecule has 7 heteroatoms. The number of hydrogen-bond donors (Lipinski definition) is 0. The van der Waals surface area contributed by atoms with Crippen LogP contribution in [0.2, 0.25) is 0 Å². The zero-order valence-corrected chi connectivity index (χ0v) is 14.5. The molecule has 1 amide bonds. The molecule has 1 aliphatic heterocycles. The summed E-state index contributed by atoms with van der Waals surface area (Å²) in [6.07, 6.45) is 1.60. The summed E-state index contributed by atoms with van der Waals surface area (Å²) in [6.45, 7) is 2.57. The molecular formula is C19H19N5O2. The second-order valence-corrected chi connectivity index (χ2v) is 6.29. The molecule has 0 radical (unpaired) electrons. The van der Waals surface area contributed by atoms with Crippen molar-refractivity contribution in [1.82, 2.24) is 19.4 Å². The van der Waals surface area contributed by atoms with Crippen LogP contribution in [0.15, 0.2) is 53.5 Å². The van der Waals surface area contributed by atoms with Gasteiger partial charge in [0.2, 0.25) is 0 Å². The smallest absolute Gasteiger partial charge is 0.283 e. The molecule has 4 rings (SSSR count). The van der Waals surface area contributed by atoms with Crippen molar-refractivity contribution >= 4 is 22.8 Å². The van der Waals surface area contributed by atoms with E-state index in [-0.39, 0.29) is 11.6 Å². The third kappa shape index (κ3) is 2.81. The topological polar surface area (TPSA) is 71.3 Å². The van der Waals surface area contributed by atoms with Crippen LogP contribution in [-0.4, -0.2) is 51.5 Å². The maximum absolute atomic E-state index is 12.9. The molecule has 0 spiro atoms. The van der Waals surface area contributed by atoms with E-state index in [4.69, 9.17) is 0 Å². The Morgan fingerprint density at radius 3 is 2.46 bits per heavy atom. The van der Waals surface area contributed by atoms with E-state index in [1.165, 1.54) is 4.57 Å². The minimum absolute atomic E-state index is 0.0406. The van der Waals surface area contributed by atoms with E-state index in [0.29, 0.717) is 24.3 Å². The minimum Gasteiger partial charge on any atom is -0.368 e. The molecule has 132 valence electrons. The number of aryl methyl sites for hydroxylation is 1. The van der Waals surface area contributed by atoms with Crippen LogP contribution in [0.4, 0.5) is 5.69 Å². The van der Waals surface area contributed by atoms with Crippen molar-refractivity contribution in [2.75, 3.05) is 31.1 Å². The summed E-state index contributed by atoms with van der Waals surface area (Å²) in [4.78, 5) is 37.8. The second-order valence-electron chi connectivity index (χ2n) is 6.29. The SMILES string of the molecule is Cn1c(=O)c(C(=O)N2CCN(c3ccccc3)CC2)nc2cccnc21. The minimum atomic E-state index is -0.410. The number of para-hydroxylation sites is 1. The number of hydrogen-bond acceptors (Lipinski definition) is 5. The number of fused-ring (bicyclic) bond motifs is 1. The number of nitrogens with zero attached hydrogens (tertiary/aromatic N) is 5. The van der Waals surface area contributed by atoms with Gasteiger partial charge in [0.1, 0.15) is 5.52 Å². The number of carbonyl (C=O) groups is 1. The number of piperazine rings is 1. The molecule has 0 N–H and O–H groups in total. The van der Waals surface area contributed by atoms with E-state index in [1.54, 1.807) is 30.3 Å². The molecule has 0 atom stereocenters. The van der Waals surface area contributed by atoms with Crippen LogP contribution in [0.3, 0.4) is 0 Å². The predicted molar refractivity (Wildman–Crippen MR) is 99.3 cm³/mol. The summed E-state index contributed by atoms with van der Waals surface area (Å²) >= 11 is 0. The Labute approximate surface area is 150 Å². The number of benzene rings is 1. The quantitative estimate of drug-likeness (QED) is 0.697. The fraction of sp³-hybridized carbons (Fsp3) is 0.263. The van der Waals surface area contributed by atoms with Crippen LogP contribution in [0.25, 0.3) is 11.2 Å². The van der Waals surface area contributed by atoms with Crippen molar-refractivity contribution in [3.63, 3.8) is 0 Å². The van der Waals surface area contributed by atoms with Gasteiger partial charge in [-0.25, -0.2) is 9.97 Å². The third-order valence-electron chi connectivity index (χ3n) is 4.71. The lowest BCUT2D eigenvalue weighted by Gasteiger charge is -2.35. The number of rotatable bonds is 2. The zero-order valence-electron chi connectivity index (χ0n) is 14.5. The highest BCUT2D eigenvalue weighted by atomic mass is 16.2. The van der Waals surface area contributed by atoms with E-state index in [9.17, 15) is 9.59 Å². The summed E-state index contributed by atoms with van der Waals surface area (Å²) in [6, 6.07) is 13.6. The van der Waals surface area contributed by atoms with Gasteiger partial charge in [0.05, 0.1) is 0 Å².